The first-order chi connectivity index (χ1) is 10.9. The Morgan fingerprint density at radius 2 is 1.70 bits per heavy atom. The number of carboxylic acid groups (broad SMARTS) is 1. The third-order valence-electron chi connectivity index (χ3n) is 3.25. The fourth-order valence-corrected chi connectivity index (χ4v) is 3.19. The van der Waals surface area contributed by atoms with E-state index in [0.717, 1.165) is 5.56 Å². The van der Waals surface area contributed by atoms with Crippen LogP contribution in [0.4, 0.5) is 5.69 Å². The van der Waals surface area contributed by atoms with E-state index in [2.05, 4.69) is 5.32 Å². The first-order valence-corrected chi connectivity index (χ1v) is 8.39. The summed E-state index contributed by atoms with van der Waals surface area (Å²) in [4.78, 5) is 10.7. The second kappa shape index (κ2) is 7.26. The lowest BCUT2D eigenvalue weighted by Crippen LogP contribution is -2.26. The second-order valence-corrected chi connectivity index (χ2v) is 7.06. The lowest BCUT2D eigenvalue weighted by molar-refractivity contribution is -0.134. The Bertz CT molecular complexity index is 758. The molecule has 0 atom stereocenters. The first kappa shape index (κ1) is 17.0. The molecule has 0 saturated heterocycles. The highest BCUT2D eigenvalue weighted by molar-refractivity contribution is 7.89. The molecule has 2 rings (SSSR count). The molecule has 0 unspecified atom stereocenters. The van der Waals surface area contributed by atoms with E-state index in [1.54, 1.807) is 12.1 Å². The minimum atomic E-state index is -3.60. The van der Waals surface area contributed by atoms with Gasteiger partial charge in [0.25, 0.3) is 0 Å². The molecule has 0 aromatic heterocycles. The molecule has 6 nitrogen and oxygen atoms in total. The number of benzene rings is 2. The number of nitrogens with zero attached hydrogens (tertiary/aromatic N) is 1. The third kappa shape index (κ3) is 4.54. The van der Waals surface area contributed by atoms with Gasteiger partial charge in [-0.25, -0.2) is 8.42 Å². The zero-order chi connectivity index (χ0) is 16.9. The molecule has 0 aliphatic rings. The van der Waals surface area contributed by atoms with E-state index in [1.165, 1.54) is 23.5 Å². The Labute approximate surface area is 135 Å². The first-order valence-electron chi connectivity index (χ1n) is 6.95. The Kier molecular flexibility index (Phi) is 5.36. The van der Waals surface area contributed by atoms with Gasteiger partial charge in [-0.15, -0.1) is 0 Å². The molecule has 0 radical (unpaired) electrons. The van der Waals surface area contributed by atoms with Gasteiger partial charge in [-0.1, -0.05) is 30.3 Å². The summed E-state index contributed by atoms with van der Waals surface area (Å²) in [7, 11) is -2.07. The van der Waals surface area contributed by atoms with Crippen molar-refractivity contribution in [2.24, 2.45) is 0 Å². The minimum Gasteiger partial charge on any atom is -0.480 e. The van der Waals surface area contributed by atoms with Crippen LogP contribution in [-0.2, 0) is 21.4 Å². The summed E-state index contributed by atoms with van der Waals surface area (Å²) in [5.41, 5.74) is 1.45. The van der Waals surface area contributed by atoms with E-state index in [0.29, 0.717) is 5.69 Å². The van der Waals surface area contributed by atoms with Crippen molar-refractivity contribution < 1.29 is 18.3 Å². The predicted molar refractivity (Wildman–Crippen MR) is 87.7 cm³/mol. The summed E-state index contributed by atoms with van der Waals surface area (Å²) in [6.07, 6.45) is 0. The van der Waals surface area contributed by atoms with E-state index < -0.39 is 16.0 Å². The molecule has 2 aromatic carbocycles. The van der Waals surface area contributed by atoms with Crippen LogP contribution in [0.5, 0.6) is 0 Å². The van der Waals surface area contributed by atoms with Crippen molar-refractivity contribution in [3.05, 3.63) is 60.2 Å². The number of sulfonamides is 1. The van der Waals surface area contributed by atoms with Gasteiger partial charge in [-0.2, -0.15) is 4.31 Å². The minimum absolute atomic E-state index is 0.164. The third-order valence-corrected chi connectivity index (χ3v) is 5.07. The fourth-order valence-electron chi connectivity index (χ4n) is 2.03. The van der Waals surface area contributed by atoms with E-state index in [4.69, 9.17) is 5.11 Å². The Morgan fingerprint density at radius 3 is 2.26 bits per heavy atom. The van der Waals surface area contributed by atoms with Crippen LogP contribution in [0.3, 0.4) is 0 Å². The largest absolute Gasteiger partial charge is 0.480 e. The van der Waals surface area contributed by atoms with Crippen molar-refractivity contribution in [1.82, 2.24) is 4.31 Å². The van der Waals surface area contributed by atoms with Gasteiger partial charge in [0.15, 0.2) is 0 Å². The topological polar surface area (TPSA) is 86.7 Å². The average Bonchev–Trinajstić information content (AvgIpc) is 2.54. The van der Waals surface area contributed by atoms with Crippen molar-refractivity contribution in [3.63, 3.8) is 0 Å². The van der Waals surface area contributed by atoms with Gasteiger partial charge in [0, 0.05) is 19.3 Å². The Balaban J connectivity index is 2.10. The maximum Gasteiger partial charge on any atom is 0.322 e. The molecule has 0 saturated carbocycles. The van der Waals surface area contributed by atoms with Gasteiger partial charge in [-0.3, -0.25) is 4.79 Å². The summed E-state index contributed by atoms with van der Waals surface area (Å²) in [5, 5.41) is 11.3. The zero-order valence-corrected chi connectivity index (χ0v) is 13.5. The van der Waals surface area contributed by atoms with Crippen molar-refractivity contribution in [1.29, 1.82) is 0 Å². The number of carbonyl (C=O) groups is 1. The summed E-state index contributed by atoms with van der Waals surface area (Å²) >= 11 is 0. The summed E-state index contributed by atoms with van der Waals surface area (Å²) < 4.78 is 26.3. The van der Waals surface area contributed by atoms with E-state index in [9.17, 15) is 13.2 Å². The van der Waals surface area contributed by atoms with E-state index in [-0.39, 0.29) is 18.0 Å². The van der Waals surface area contributed by atoms with Crippen molar-refractivity contribution in [3.8, 4) is 0 Å². The summed E-state index contributed by atoms with van der Waals surface area (Å²) in [6.45, 7) is 0.0577. The molecule has 23 heavy (non-hydrogen) atoms. The van der Waals surface area contributed by atoms with Gasteiger partial charge in [0.1, 0.15) is 6.54 Å². The highest BCUT2D eigenvalue weighted by Gasteiger charge is 2.20. The molecule has 0 amide bonds. The SMILES string of the molecule is CN(Cc1ccccc1)S(=O)(=O)c1ccc(NCC(=O)O)cc1. The van der Waals surface area contributed by atoms with Crippen LogP contribution < -0.4 is 5.32 Å². The van der Waals surface area contributed by atoms with E-state index in [1.807, 2.05) is 30.3 Å². The average molecular weight is 334 g/mol. The number of anilines is 1. The van der Waals surface area contributed by atoms with Gasteiger partial charge < -0.3 is 10.4 Å². The smallest absolute Gasteiger partial charge is 0.322 e. The van der Waals surface area contributed by atoms with Gasteiger partial charge in [0.2, 0.25) is 10.0 Å². The maximum absolute atomic E-state index is 12.5. The molecule has 7 heteroatoms. The van der Waals surface area contributed by atoms with Crippen LogP contribution in [0, 0.1) is 0 Å². The van der Waals surface area contributed by atoms with Gasteiger partial charge >= 0.3 is 5.97 Å². The van der Waals surface area contributed by atoms with Crippen LogP contribution in [-0.4, -0.2) is 37.4 Å². The molecule has 2 aromatic rings. The number of nitrogens with one attached hydrogen (secondary N) is 1. The molecule has 0 aliphatic heterocycles. The number of carboxylic acids is 1. The lowest BCUT2D eigenvalue weighted by atomic mass is 10.2. The highest BCUT2D eigenvalue weighted by Crippen LogP contribution is 2.19. The molecule has 0 heterocycles. The number of rotatable bonds is 7. The number of hydrogen-bond acceptors (Lipinski definition) is 4. The quantitative estimate of drug-likeness (QED) is 0.809. The summed E-state index contributed by atoms with van der Waals surface area (Å²) in [6, 6.07) is 15.3. The molecule has 2 N–H and O–H groups in total. The van der Waals surface area contributed by atoms with Crippen molar-refractivity contribution >= 4 is 21.7 Å². The maximum atomic E-state index is 12.5. The summed E-state index contributed by atoms with van der Waals surface area (Å²) in [5.74, 6) is -0.982. The lowest BCUT2D eigenvalue weighted by Gasteiger charge is -2.17. The number of hydrogen-bond donors (Lipinski definition) is 2. The Morgan fingerprint density at radius 1 is 1.09 bits per heavy atom. The van der Waals surface area contributed by atoms with Crippen LogP contribution >= 0.6 is 0 Å². The monoisotopic (exact) mass is 334 g/mol. The zero-order valence-electron chi connectivity index (χ0n) is 12.6. The van der Waals surface area contributed by atoms with Gasteiger partial charge in [0.05, 0.1) is 4.90 Å². The van der Waals surface area contributed by atoms with Crippen LogP contribution in [0.15, 0.2) is 59.5 Å². The molecular formula is C16H18N2O4S. The second-order valence-electron chi connectivity index (χ2n) is 5.02. The molecule has 122 valence electrons. The van der Waals surface area contributed by atoms with Crippen LogP contribution in [0.1, 0.15) is 5.56 Å². The van der Waals surface area contributed by atoms with E-state index >= 15 is 0 Å². The molecule has 0 spiro atoms. The Hall–Kier alpha value is -2.38. The molecule has 0 bridgehead atoms. The molecule has 0 fully saturated rings. The van der Waals surface area contributed by atoms with Gasteiger partial charge in [-0.05, 0) is 29.8 Å². The standard InChI is InChI=1S/C16H18N2O4S/c1-18(12-13-5-3-2-4-6-13)23(21,22)15-9-7-14(8-10-15)17-11-16(19)20/h2-10,17H,11-12H2,1H3,(H,19,20). The molecule has 0 aliphatic carbocycles. The van der Waals surface area contributed by atoms with Crippen molar-refractivity contribution in [2.45, 2.75) is 11.4 Å². The van der Waals surface area contributed by atoms with Crippen molar-refractivity contribution in [2.75, 3.05) is 18.9 Å². The predicted octanol–water partition coefficient (Wildman–Crippen LogP) is 2.00. The fraction of sp³-hybridized carbons (Fsp3) is 0.188. The van der Waals surface area contributed by atoms with Crippen LogP contribution in [0.2, 0.25) is 0 Å². The normalized spacial score (nSPS) is 11.4. The molecular weight excluding hydrogens is 316 g/mol. The number of aliphatic carboxylic acids is 1. The highest BCUT2D eigenvalue weighted by atomic mass is 32.2. The van der Waals surface area contributed by atoms with Crippen LogP contribution in [0.25, 0.3) is 0 Å².